The number of rotatable bonds is 10. The van der Waals surface area contributed by atoms with Gasteiger partial charge in [0.2, 0.25) is 0 Å². The van der Waals surface area contributed by atoms with Crippen LogP contribution in [0.2, 0.25) is 0 Å². The van der Waals surface area contributed by atoms with Crippen molar-refractivity contribution in [1.82, 2.24) is 10.3 Å². The Kier molecular flexibility index (Phi) is 10.0. The molecule has 3 rings (SSSR count). The second-order valence-electron chi connectivity index (χ2n) is 11.7. The Morgan fingerprint density at radius 3 is 2.24 bits per heavy atom. The minimum absolute atomic E-state index is 0.0209. The summed E-state index contributed by atoms with van der Waals surface area (Å²) >= 11 is 0. The average molecular weight is 563 g/mol. The molecule has 0 spiro atoms. The molecule has 8 heteroatoms. The number of hydrogen-bond acceptors (Lipinski definition) is 6. The smallest absolute Gasteiger partial charge is 0.407 e. The van der Waals surface area contributed by atoms with Crippen molar-refractivity contribution in [2.45, 2.75) is 80.6 Å². The van der Waals surface area contributed by atoms with Crippen molar-refractivity contribution in [1.29, 1.82) is 0 Å². The van der Waals surface area contributed by atoms with Gasteiger partial charge in [-0.3, -0.25) is 4.98 Å². The predicted molar refractivity (Wildman–Crippen MR) is 160 cm³/mol. The van der Waals surface area contributed by atoms with Crippen LogP contribution < -0.4 is 14.8 Å². The number of carbonyl (C=O) groups is 2. The van der Waals surface area contributed by atoms with Crippen LogP contribution in [0.15, 0.2) is 36.4 Å². The summed E-state index contributed by atoms with van der Waals surface area (Å²) in [6, 6.07) is 11.4. The van der Waals surface area contributed by atoms with E-state index >= 15 is 0 Å². The van der Waals surface area contributed by atoms with Crippen LogP contribution in [-0.2, 0) is 24.3 Å². The van der Waals surface area contributed by atoms with Gasteiger partial charge in [0, 0.05) is 29.1 Å². The van der Waals surface area contributed by atoms with Crippen molar-refractivity contribution < 1.29 is 28.9 Å². The fourth-order valence-corrected chi connectivity index (χ4v) is 4.66. The molecule has 1 heterocycles. The van der Waals surface area contributed by atoms with E-state index in [9.17, 15) is 14.7 Å². The van der Waals surface area contributed by atoms with E-state index in [1.165, 1.54) is 13.2 Å². The zero-order valence-electron chi connectivity index (χ0n) is 25.6. The second-order valence-corrected chi connectivity index (χ2v) is 11.7. The Bertz CT molecular complexity index is 1400. The van der Waals surface area contributed by atoms with Crippen LogP contribution in [0.25, 0.3) is 11.1 Å². The van der Waals surface area contributed by atoms with Gasteiger partial charge < -0.3 is 24.6 Å². The highest BCUT2D eigenvalue weighted by atomic mass is 16.6. The molecule has 0 saturated carbocycles. The van der Waals surface area contributed by atoms with E-state index in [-0.39, 0.29) is 24.5 Å². The molecule has 0 fully saturated rings. The lowest BCUT2D eigenvalue weighted by Gasteiger charge is -2.24. The first-order chi connectivity index (χ1) is 19.2. The van der Waals surface area contributed by atoms with E-state index in [2.05, 4.69) is 19.2 Å². The molecule has 1 amide bonds. The third-order valence-corrected chi connectivity index (χ3v) is 6.52. The Hall–Kier alpha value is -4.07. The molecule has 0 aliphatic rings. The lowest BCUT2D eigenvalue weighted by atomic mass is 9.90. The van der Waals surface area contributed by atoms with Crippen LogP contribution >= 0.6 is 0 Å². The maximum atomic E-state index is 12.7. The number of carboxylic acids is 1. The third-order valence-electron chi connectivity index (χ3n) is 6.52. The minimum Gasteiger partial charge on any atom is -0.497 e. The Morgan fingerprint density at radius 1 is 1.02 bits per heavy atom. The van der Waals surface area contributed by atoms with Crippen LogP contribution in [0.4, 0.5) is 4.79 Å². The first-order valence-corrected chi connectivity index (χ1v) is 13.8. The number of nitrogens with zero attached hydrogens (tertiary/aromatic N) is 1. The highest BCUT2D eigenvalue weighted by Crippen LogP contribution is 2.35. The van der Waals surface area contributed by atoms with Gasteiger partial charge in [-0.1, -0.05) is 43.7 Å². The molecule has 8 nitrogen and oxygen atoms in total. The van der Waals surface area contributed by atoms with Crippen LogP contribution in [0.1, 0.15) is 78.6 Å². The van der Waals surface area contributed by atoms with Crippen molar-refractivity contribution in [2.24, 2.45) is 5.92 Å². The second kappa shape index (κ2) is 13.1. The molecule has 0 aliphatic carbocycles. The van der Waals surface area contributed by atoms with Gasteiger partial charge in [-0.05, 0) is 82.7 Å². The van der Waals surface area contributed by atoms with Gasteiger partial charge in [0.25, 0.3) is 0 Å². The van der Waals surface area contributed by atoms with E-state index in [0.717, 1.165) is 39.2 Å². The number of aromatic nitrogens is 1. The normalized spacial score (nSPS) is 11.4. The van der Waals surface area contributed by atoms with Crippen LogP contribution in [-0.4, -0.2) is 34.9 Å². The van der Waals surface area contributed by atoms with Crippen LogP contribution in [0, 0.1) is 26.7 Å². The number of carbonyl (C=O) groups excluding carboxylic acids is 1. The monoisotopic (exact) mass is 562 g/mol. The molecule has 0 saturated heterocycles. The topological polar surface area (TPSA) is 107 Å². The summed E-state index contributed by atoms with van der Waals surface area (Å²) in [7, 11) is 1.50. The zero-order chi connectivity index (χ0) is 30.5. The first kappa shape index (κ1) is 31.5. The Morgan fingerprint density at radius 2 is 1.68 bits per heavy atom. The lowest BCUT2D eigenvalue weighted by Crippen LogP contribution is -2.32. The molecule has 220 valence electrons. The number of hydrogen-bond donors (Lipinski definition) is 2. The largest absolute Gasteiger partial charge is 0.497 e. The number of pyridine rings is 1. The molecule has 0 radical (unpaired) electrons. The number of nitrogens with one attached hydrogen (secondary N) is 1. The summed E-state index contributed by atoms with van der Waals surface area (Å²) in [4.78, 5) is 29.7. The number of aryl methyl sites for hydroxylation is 3. The van der Waals surface area contributed by atoms with E-state index in [1.54, 1.807) is 13.0 Å². The summed E-state index contributed by atoms with van der Waals surface area (Å²) < 4.78 is 17.0. The van der Waals surface area contributed by atoms with Gasteiger partial charge in [-0.2, -0.15) is 0 Å². The van der Waals surface area contributed by atoms with Crippen molar-refractivity contribution in [3.8, 4) is 22.6 Å². The van der Waals surface area contributed by atoms with Gasteiger partial charge in [-0.15, -0.1) is 0 Å². The summed E-state index contributed by atoms with van der Waals surface area (Å²) in [5, 5.41) is 12.8. The molecule has 0 unspecified atom stereocenters. The molecule has 0 atom stereocenters. The number of amides is 1. The number of aromatic carboxylic acids is 1. The predicted octanol–water partition coefficient (Wildman–Crippen LogP) is 7.18. The summed E-state index contributed by atoms with van der Waals surface area (Å²) in [6.07, 6.45) is 0.202. The van der Waals surface area contributed by atoms with E-state index in [0.29, 0.717) is 23.7 Å². The van der Waals surface area contributed by atoms with Crippen molar-refractivity contribution in [3.63, 3.8) is 0 Å². The molecular weight excluding hydrogens is 520 g/mol. The molecule has 41 heavy (non-hydrogen) atoms. The number of alkyl carbamates (subject to hydrolysis) is 1. The van der Waals surface area contributed by atoms with Crippen LogP contribution in [0.3, 0.4) is 0 Å². The van der Waals surface area contributed by atoms with Crippen LogP contribution in [0.5, 0.6) is 11.5 Å². The standard InChI is InChI=1S/C33H42N2O6/c1-19(2)14-28-26(17-34-32(38)41-33(6,7)8)29(23-12-10-20(3)11-13-23)27(22(5)35-28)18-40-30-21(4)15-24(39-9)16-25(30)31(36)37/h10-13,15-16,19H,14,17-18H2,1-9H3,(H,34,38)(H,36,37). The quantitative estimate of drug-likeness (QED) is 0.269. The highest BCUT2D eigenvalue weighted by Gasteiger charge is 2.24. The first-order valence-electron chi connectivity index (χ1n) is 13.8. The van der Waals surface area contributed by atoms with Gasteiger partial charge in [0.05, 0.1) is 7.11 Å². The molecule has 1 aromatic heterocycles. The molecule has 2 aromatic carbocycles. The Labute approximate surface area is 243 Å². The fourth-order valence-electron chi connectivity index (χ4n) is 4.66. The number of carboxylic acid groups (broad SMARTS) is 1. The fraction of sp³-hybridized carbons (Fsp3) is 0.424. The molecule has 0 aliphatic heterocycles. The average Bonchev–Trinajstić information content (AvgIpc) is 2.86. The van der Waals surface area contributed by atoms with Gasteiger partial charge in [0.15, 0.2) is 0 Å². The summed E-state index contributed by atoms with van der Waals surface area (Å²) in [5.74, 6) is -0.0634. The maximum Gasteiger partial charge on any atom is 0.407 e. The van der Waals surface area contributed by atoms with Gasteiger partial charge in [-0.25, -0.2) is 9.59 Å². The van der Waals surface area contributed by atoms with Gasteiger partial charge in [0.1, 0.15) is 29.3 Å². The molecule has 2 N–H and O–H groups in total. The zero-order valence-corrected chi connectivity index (χ0v) is 25.6. The highest BCUT2D eigenvalue weighted by molar-refractivity contribution is 5.92. The number of methoxy groups -OCH3 is 1. The van der Waals surface area contributed by atoms with Gasteiger partial charge >= 0.3 is 12.1 Å². The number of ether oxygens (including phenoxy) is 3. The van der Waals surface area contributed by atoms with Crippen molar-refractivity contribution in [2.75, 3.05) is 7.11 Å². The van der Waals surface area contributed by atoms with Crippen molar-refractivity contribution >= 4 is 12.1 Å². The summed E-state index contributed by atoms with van der Waals surface area (Å²) in [6.45, 7) is 15.8. The van der Waals surface area contributed by atoms with Crippen molar-refractivity contribution in [3.05, 3.63) is 75.6 Å². The molecule has 0 bridgehead atoms. The lowest BCUT2D eigenvalue weighted by molar-refractivity contribution is 0.0523. The Balaban J connectivity index is 2.17. The SMILES string of the molecule is COc1cc(C)c(OCc2c(C)nc(CC(C)C)c(CNC(=O)OC(C)(C)C)c2-c2ccc(C)cc2)c(C(=O)O)c1. The van der Waals surface area contributed by atoms with E-state index in [4.69, 9.17) is 19.2 Å². The molecule has 3 aromatic rings. The number of benzene rings is 2. The van der Waals surface area contributed by atoms with E-state index < -0.39 is 17.7 Å². The maximum absolute atomic E-state index is 12.7. The third kappa shape index (κ3) is 8.22. The minimum atomic E-state index is -1.11. The molecular formula is C33H42N2O6. The van der Waals surface area contributed by atoms with E-state index in [1.807, 2.05) is 58.9 Å². The summed E-state index contributed by atoms with van der Waals surface area (Å²) in [5.41, 5.74) is 6.38.